The molecular formula is C16H20O4. The Bertz CT molecular complexity index is 536. The lowest BCUT2D eigenvalue weighted by Gasteiger charge is -2.36. The topological polar surface area (TPSA) is 63.6 Å². The van der Waals surface area contributed by atoms with Crippen LogP contribution in [0.25, 0.3) is 0 Å². The first-order chi connectivity index (χ1) is 9.50. The summed E-state index contributed by atoms with van der Waals surface area (Å²) in [6.07, 6.45) is 3.48. The van der Waals surface area contributed by atoms with Crippen LogP contribution in [0.5, 0.6) is 11.5 Å². The summed E-state index contributed by atoms with van der Waals surface area (Å²) in [4.78, 5) is 22.8. The Labute approximate surface area is 118 Å². The molecule has 0 saturated heterocycles. The number of benzene rings is 1. The zero-order valence-corrected chi connectivity index (χ0v) is 11.9. The molecule has 0 aliphatic carbocycles. The largest absolute Gasteiger partial charge is 0.508 e. The maximum atomic E-state index is 12.3. The molecule has 0 spiro atoms. The zero-order chi connectivity index (χ0) is 14.8. The van der Waals surface area contributed by atoms with E-state index in [1.807, 2.05) is 13.8 Å². The summed E-state index contributed by atoms with van der Waals surface area (Å²) >= 11 is 0. The average Bonchev–Trinajstić information content (AvgIpc) is 2.40. The van der Waals surface area contributed by atoms with Crippen LogP contribution in [0.1, 0.15) is 55.5 Å². The van der Waals surface area contributed by atoms with E-state index >= 15 is 0 Å². The van der Waals surface area contributed by atoms with E-state index < -0.39 is 5.60 Å². The Morgan fingerprint density at radius 3 is 2.85 bits per heavy atom. The van der Waals surface area contributed by atoms with E-state index in [4.69, 9.17) is 4.74 Å². The van der Waals surface area contributed by atoms with Gasteiger partial charge in [-0.3, -0.25) is 4.79 Å². The highest BCUT2D eigenvalue weighted by Gasteiger charge is 2.37. The number of aldehydes is 1. The Morgan fingerprint density at radius 2 is 2.20 bits per heavy atom. The minimum atomic E-state index is -0.665. The summed E-state index contributed by atoms with van der Waals surface area (Å²) in [5.74, 6) is 0.673. The first-order valence-electron chi connectivity index (χ1n) is 7.01. The van der Waals surface area contributed by atoms with Crippen LogP contribution in [-0.4, -0.2) is 22.8 Å². The van der Waals surface area contributed by atoms with Crippen molar-refractivity contribution in [2.75, 3.05) is 0 Å². The van der Waals surface area contributed by atoms with Crippen molar-refractivity contribution in [3.63, 3.8) is 0 Å². The third kappa shape index (κ3) is 2.69. The second kappa shape index (κ2) is 5.65. The van der Waals surface area contributed by atoms with E-state index in [2.05, 4.69) is 0 Å². The number of ether oxygens (including phenoxy) is 1. The highest BCUT2D eigenvalue weighted by Crippen LogP contribution is 2.41. The van der Waals surface area contributed by atoms with Crippen molar-refractivity contribution < 1.29 is 19.4 Å². The number of phenols is 1. The molecule has 1 aromatic carbocycles. The van der Waals surface area contributed by atoms with Gasteiger partial charge in [0, 0.05) is 12.0 Å². The van der Waals surface area contributed by atoms with E-state index in [0.29, 0.717) is 36.1 Å². The van der Waals surface area contributed by atoms with Gasteiger partial charge >= 0.3 is 0 Å². The number of carbonyl (C=O) groups excluding carboxylic acids is 2. The third-order valence-corrected chi connectivity index (χ3v) is 3.71. The quantitative estimate of drug-likeness (QED) is 0.839. The van der Waals surface area contributed by atoms with Gasteiger partial charge in [-0.25, -0.2) is 0 Å². The van der Waals surface area contributed by atoms with Crippen LogP contribution in [0, 0.1) is 0 Å². The number of carbonyl (C=O) groups is 2. The van der Waals surface area contributed by atoms with Gasteiger partial charge in [0.2, 0.25) is 0 Å². The Balaban J connectivity index is 2.43. The molecule has 2 rings (SSSR count). The number of ketones is 1. The molecule has 1 aliphatic heterocycles. The lowest BCUT2D eigenvalue weighted by atomic mass is 9.86. The van der Waals surface area contributed by atoms with Crippen molar-refractivity contribution in [1.29, 1.82) is 0 Å². The van der Waals surface area contributed by atoms with Gasteiger partial charge in [0.1, 0.15) is 23.4 Å². The summed E-state index contributed by atoms with van der Waals surface area (Å²) in [6.45, 7) is 3.85. The molecule has 20 heavy (non-hydrogen) atoms. The standard InChI is InChI=1S/C16H20O4/c1-3-5-11-13(18)7-6-12-14(19)10-16(2,8-4-9-17)20-15(11)12/h6-7,9,18H,3-5,8,10H2,1-2H3. The van der Waals surface area contributed by atoms with Gasteiger partial charge in [-0.1, -0.05) is 13.3 Å². The number of aromatic hydroxyl groups is 1. The number of rotatable bonds is 5. The predicted molar refractivity (Wildman–Crippen MR) is 75.4 cm³/mol. The van der Waals surface area contributed by atoms with Crippen LogP contribution in [-0.2, 0) is 11.2 Å². The van der Waals surface area contributed by atoms with Crippen LogP contribution >= 0.6 is 0 Å². The molecule has 0 radical (unpaired) electrons. The predicted octanol–water partition coefficient (Wildman–Crippen LogP) is 3.05. The van der Waals surface area contributed by atoms with E-state index in [9.17, 15) is 14.7 Å². The fourth-order valence-electron chi connectivity index (χ4n) is 2.67. The molecule has 0 fully saturated rings. The van der Waals surface area contributed by atoms with Crippen molar-refractivity contribution in [2.45, 2.75) is 51.6 Å². The molecule has 1 aliphatic rings. The number of hydrogen-bond acceptors (Lipinski definition) is 4. The van der Waals surface area contributed by atoms with Gasteiger partial charge in [-0.2, -0.15) is 0 Å². The molecule has 1 N–H and O–H groups in total. The fraction of sp³-hybridized carbons (Fsp3) is 0.500. The molecule has 4 nitrogen and oxygen atoms in total. The van der Waals surface area contributed by atoms with Crippen molar-refractivity contribution in [3.8, 4) is 11.5 Å². The minimum absolute atomic E-state index is 0.0111. The van der Waals surface area contributed by atoms with Gasteiger partial charge in [0.15, 0.2) is 5.78 Å². The van der Waals surface area contributed by atoms with E-state index in [-0.39, 0.29) is 18.0 Å². The zero-order valence-electron chi connectivity index (χ0n) is 11.9. The number of fused-ring (bicyclic) bond motifs is 1. The molecule has 1 aromatic rings. The van der Waals surface area contributed by atoms with Crippen LogP contribution in [0.3, 0.4) is 0 Å². The molecule has 0 bridgehead atoms. The fourth-order valence-corrected chi connectivity index (χ4v) is 2.67. The van der Waals surface area contributed by atoms with Gasteiger partial charge in [0.25, 0.3) is 0 Å². The summed E-state index contributed by atoms with van der Waals surface area (Å²) in [7, 11) is 0. The highest BCUT2D eigenvalue weighted by molar-refractivity contribution is 6.01. The van der Waals surface area contributed by atoms with Gasteiger partial charge < -0.3 is 14.6 Å². The van der Waals surface area contributed by atoms with Crippen LogP contribution in [0.15, 0.2) is 12.1 Å². The lowest BCUT2D eigenvalue weighted by Crippen LogP contribution is -2.39. The first-order valence-corrected chi connectivity index (χ1v) is 7.01. The van der Waals surface area contributed by atoms with E-state index in [1.165, 1.54) is 0 Å². The number of hydrogen-bond donors (Lipinski definition) is 1. The smallest absolute Gasteiger partial charge is 0.170 e. The summed E-state index contributed by atoms with van der Waals surface area (Å²) in [6, 6.07) is 3.17. The molecule has 4 heteroatoms. The second-order valence-electron chi connectivity index (χ2n) is 5.55. The summed E-state index contributed by atoms with van der Waals surface area (Å²) in [5.41, 5.74) is 0.562. The first kappa shape index (κ1) is 14.6. The Kier molecular flexibility index (Phi) is 4.12. The van der Waals surface area contributed by atoms with Crippen molar-refractivity contribution in [3.05, 3.63) is 23.3 Å². The summed E-state index contributed by atoms with van der Waals surface area (Å²) < 4.78 is 6.02. The molecule has 108 valence electrons. The maximum absolute atomic E-state index is 12.3. The molecule has 0 amide bonds. The normalized spacial score (nSPS) is 21.2. The maximum Gasteiger partial charge on any atom is 0.170 e. The molecular weight excluding hydrogens is 256 g/mol. The second-order valence-corrected chi connectivity index (χ2v) is 5.55. The SMILES string of the molecule is CCCc1c(O)ccc2c1OC(C)(CCC=O)CC2=O. The van der Waals surface area contributed by atoms with Gasteiger partial charge in [-0.15, -0.1) is 0 Å². The molecule has 1 atom stereocenters. The van der Waals surface area contributed by atoms with E-state index in [1.54, 1.807) is 12.1 Å². The minimum Gasteiger partial charge on any atom is -0.508 e. The Hall–Kier alpha value is -1.84. The van der Waals surface area contributed by atoms with Crippen LogP contribution in [0.2, 0.25) is 0 Å². The van der Waals surface area contributed by atoms with Crippen molar-refractivity contribution in [1.82, 2.24) is 0 Å². The average molecular weight is 276 g/mol. The molecule has 0 aromatic heterocycles. The van der Waals surface area contributed by atoms with Crippen molar-refractivity contribution >= 4 is 12.1 Å². The van der Waals surface area contributed by atoms with Crippen molar-refractivity contribution in [2.24, 2.45) is 0 Å². The third-order valence-electron chi connectivity index (χ3n) is 3.71. The van der Waals surface area contributed by atoms with Crippen LogP contribution < -0.4 is 4.74 Å². The van der Waals surface area contributed by atoms with Gasteiger partial charge in [-0.05, 0) is 31.9 Å². The number of Topliss-reactive ketones (excluding diaryl/α,β-unsaturated/α-hetero) is 1. The monoisotopic (exact) mass is 276 g/mol. The van der Waals surface area contributed by atoms with E-state index in [0.717, 1.165) is 12.7 Å². The molecule has 1 unspecified atom stereocenters. The lowest BCUT2D eigenvalue weighted by molar-refractivity contribution is -0.108. The number of phenolic OH excluding ortho intramolecular Hbond substituents is 1. The van der Waals surface area contributed by atoms with Gasteiger partial charge in [0.05, 0.1) is 12.0 Å². The molecule has 0 saturated carbocycles. The summed E-state index contributed by atoms with van der Waals surface area (Å²) in [5, 5.41) is 9.98. The van der Waals surface area contributed by atoms with Crippen LogP contribution in [0.4, 0.5) is 0 Å². The molecule has 1 heterocycles. The Morgan fingerprint density at radius 1 is 1.45 bits per heavy atom. The highest BCUT2D eigenvalue weighted by atomic mass is 16.5.